The molecule has 0 spiro atoms. The summed E-state index contributed by atoms with van der Waals surface area (Å²) >= 11 is 3.21. The summed E-state index contributed by atoms with van der Waals surface area (Å²) in [6.07, 6.45) is 1.83. The number of amides is 1. The highest BCUT2D eigenvalue weighted by molar-refractivity contribution is 7.99. The minimum absolute atomic E-state index is 0.0242. The van der Waals surface area contributed by atoms with Gasteiger partial charge in [-0.2, -0.15) is 0 Å². The van der Waals surface area contributed by atoms with E-state index in [-0.39, 0.29) is 5.91 Å². The second-order valence-electron chi connectivity index (χ2n) is 7.22. The van der Waals surface area contributed by atoms with Crippen LogP contribution >= 0.6 is 23.1 Å². The van der Waals surface area contributed by atoms with Crippen molar-refractivity contribution in [3.63, 3.8) is 0 Å². The second-order valence-corrected chi connectivity index (χ2v) is 9.11. The van der Waals surface area contributed by atoms with Gasteiger partial charge < -0.3 is 9.88 Å². The van der Waals surface area contributed by atoms with Crippen molar-refractivity contribution in [1.82, 2.24) is 20.1 Å². The van der Waals surface area contributed by atoms with Gasteiger partial charge in [-0.3, -0.25) is 4.79 Å². The number of carbonyl (C=O) groups is 1. The summed E-state index contributed by atoms with van der Waals surface area (Å²) < 4.78 is 2.13. The van der Waals surface area contributed by atoms with Gasteiger partial charge in [0, 0.05) is 28.9 Å². The van der Waals surface area contributed by atoms with Gasteiger partial charge in [0.25, 0.3) is 0 Å². The Kier molecular flexibility index (Phi) is 7.89. The molecule has 2 heterocycles. The zero-order valence-corrected chi connectivity index (χ0v) is 18.9. The van der Waals surface area contributed by atoms with Crippen molar-refractivity contribution in [2.75, 3.05) is 12.3 Å². The molecule has 0 saturated heterocycles. The van der Waals surface area contributed by atoms with E-state index in [1.807, 2.05) is 18.2 Å². The van der Waals surface area contributed by atoms with E-state index in [4.69, 9.17) is 0 Å². The summed E-state index contributed by atoms with van der Waals surface area (Å²) in [6, 6.07) is 12.4. The normalized spacial score (nSPS) is 11.2. The van der Waals surface area contributed by atoms with Gasteiger partial charge in [0.1, 0.15) is 0 Å². The van der Waals surface area contributed by atoms with Crippen LogP contribution in [0.4, 0.5) is 0 Å². The van der Waals surface area contributed by atoms with Crippen LogP contribution in [0.2, 0.25) is 0 Å². The predicted molar refractivity (Wildman–Crippen MR) is 122 cm³/mol. The summed E-state index contributed by atoms with van der Waals surface area (Å²) in [4.78, 5) is 13.6. The van der Waals surface area contributed by atoms with Gasteiger partial charge in [-0.15, -0.1) is 21.5 Å². The van der Waals surface area contributed by atoms with Crippen molar-refractivity contribution in [2.24, 2.45) is 0 Å². The van der Waals surface area contributed by atoms with Crippen LogP contribution in [0.1, 0.15) is 43.6 Å². The molecule has 3 rings (SSSR count). The molecule has 1 aromatic carbocycles. The van der Waals surface area contributed by atoms with E-state index in [1.165, 1.54) is 22.2 Å². The van der Waals surface area contributed by atoms with Gasteiger partial charge in [0.15, 0.2) is 11.0 Å². The number of benzene rings is 1. The van der Waals surface area contributed by atoms with Crippen molar-refractivity contribution in [1.29, 1.82) is 0 Å². The van der Waals surface area contributed by atoms with Gasteiger partial charge in [0.2, 0.25) is 5.91 Å². The second kappa shape index (κ2) is 10.6. The van der Waals surface area contributed by atoms with Crippen molar-refractivity contribution < 1.29 is 4.79 Å². The lowest BCUT2D eigenvalue weighted by molar-refractivity contribution is -0.118. The van der Waals surface area contributed by atoms with Crippen LogP contribution in [0.25, 0.3) is 11.4 Å². The van der Waals surface area contributed by atoms with Gasteiger partial charge >= 0.3 is 0 Å². The SMILES string of the molecule is CCCn1c(SCC(=O)NCCc2ccccc2)nnc1-c1csc(C(C)C)c1. The molecule has 154 valence electrons. The molecule has 5 nitrogen and oxygen atoms in total. The van der Waals surface area contributed by atoms with Crippen LogP contribution in [0.15, 0.2) is 46.9 Å². The smallest absolute Gasteiger partial charge is 0.230 e. The molecule has 0 radical (unpaired) electrons. The summed E-state index contributed by atoms with van der Waals surface area (Å²) in [7, 11) is 0. The van der Waals surface area contributed by atoms with Crippen LogP contribution in [0, 0.1) is 0 Å². The average molecular weight is 429 g/mol. The highest BCUT2D eigenvalue weighted by Crippen LogP contribution is 2.31. The predicted octanol–water partition coefficient (Wildman–Crippen LogP) is 4.99. The molecule has 0 fully saturated rings. The first kappa shape index (κ1) is 21.6. The third-order valence-electron chi connectivity index (χ3n) is 4.52. The summed E-state index contributed by atoms with van der Waals surface area (Å²) in [5.74, 6) is 1.76. The Balaban J connectivity index is 1.58. The van der Waals surface area contributed by atoms with E-state index in [9.17, 15) is 4.79 Å². The monoisotopic (exact) mass is 428 g/mol. The maximum absolute atomic E-state index is 12.2. The zero-order valence-electron chi connectivity index (χ0n) is 17.2. The molecule has 0 aliphatic heterocycles. The topological polar surface area (TPSA) is 59.8 Å². The lowest BCUT2D eigenvalue weighted by Crippen LogP contribution is -2.27. The number of rotatable bonds is 10. The van der Waals surface area contributed by atoms with Crippen molar-refractivity contribution in [3.8, 4) is 11.4 Å². The molecule has 0 aliphatic carbocycles. The van der Waals surface area contributed by atoms with Gasteiger partial charge in [0.05, 0.1) is 5.75 Å². The van der Waals surface area contributed by atoms with Crippen molar-refractivity contribution in [3.05, 3.63) is 52.2 Å². The van der Waals surface area contributed by atoms with E-state index in [2.05, 4.69) is 64.4 Å². The first-order valence-corrected chi connectivity index (χ1v) is 11.9. The maximum atomic E-state index is 12.2. The Hall–Kier alpha value is -2.12. The zero-order chi connectivity index (χ0) is 20.6. The van der Waals surface area contributed by atoms with Crippen molar-refractivity contribution >= 4 is 29.0 Å². The molecule has 0 saturated carbocycles. The lowest BCUT2D eigenvalue weighted by atomic mass is 10.1. The molecular formula is C22H28N4OS2. The fourth-order valence-electron chi connectivity index (χ4n) is 2.98. The maximum Gasteiger partial charge on any atom is 0.230 e. The molecule has 0 aliphatic rings. The van der Waals surface area contributed by atoms with E-state index in [0.717, 1.165) is 35.9 Å². The number of nitrogens with one attached hydrogen (secondary N) is 1. The van der Waals surface area contributed by atoms with Gasteiger partial charge in [-0.05, 0) is 30.4 Å². The molecule has 1 N–H and O–H groups in total. The summed E-state index contributed by atoms with van der Waals surface area (Å²) in [5.41, 5.74) is 2.34. The number of nitrogens with zero attached hydrogens (tertiary/aromatic N) is 3. The summed E-state index contributed by atoms with van der Waals surface area (Å²) in [6.45, 7) is 8.02. The number of hydrogen-bond acceptors (Lipinski definition) is 5. The fraction of sp³-hybridized carbons (Fsp3) is 0.409. The van der Waals surface area contributed by atoms with E-state index in [1.54, 1.807) is 11.3 Å². The van der Waals surface area contributed by atoms with E-state index in [0.29, 0.717) is 18.2 Å². The van der Waals surface area contributed by atoms with Crippen LogP contribution in [-0.2, 0) is 17.8 Å². The fourth-order valence-corrected chi connectivity index (χ4v) is 4.68. The molecule has 0 bridgehead atoms. The Bertz CT molecular complexity index is 918. The number of hydrogen-bond donors (Lipinski definition) is 1. The first-order valence-electron chi connectivity index (χ1n) is 10.0. The van der Waals surface area contributed by atoms with Crippen LogP contribution in [-0.4, -0.2) is 33.0 Å². The Morgan fingerprint density at radius 1 is 1.24 bits per heavy atom. The van der Waals surface area contributed by atoms with E-state index >= 15 is 0 Å². The highest BCUT2D eigenvalue weighted by Gasteiger charge is 2.17. The number of thiophene rings is 1. The molecule has 0 atom stereocenters. The third kappa shape index (κ3) is 5.93. The molecule has 0 unspecified atom stereocenters. The molecule has 1 amide bonds. The number of carbonyl (C=O) groups excluding carboxylic acids is 1. The lowest BCUT2D eigenvalue weighted by Gasteiger charge is -2.08. The molecular weight excluding hydrogens is 400 g/mol. The van der Waals surface area contributed by atoms with Crippen molar-refractivity contribution in [2.45, 2.75) is 51.2 Å². The summed E-state index contributed by atoms with van der Waals surface area (Å²) in [5, 5.41) is 14.7. The first-order chi connectivity index (χ1) is 14.1. The minimum Gasteiger partial charge on any atom is -0.355 e. The van der Waals surface area contributed by atoms with Gasteiger partial charge in [-0.25, -0.2) is 0 Å². The molecule has 2 aromatic heterocycles. The Morgan fingerprint density at radius 2 is 2.03 bits per heavy atom. The Morgan fingerprint density at radius 3 is 2.72 bits per heavy atom. The van der Waals surface area contributed by atoms with Crippen LogP contribution in [0.5, 0.6) is 0 Å². The third-order valence-corrected chi connectivity index (χ3v) is 6.72. The van der Waals surface area contributed by atoms with Crippen LogP contribution < -0.4 is 5.32 Å². The largest absolute Gasteiger partial charge is 0.355 e. The number of thioether (sulfide) groups is 1. The van der Waals surface area contributed by atoms with Gasteiger partial charge in [-0.1, -0.05) is 62.9 Å². The molecule has 29 heavy (non-hydrogen) atoms. The average Bonchev–Trinajstić information content (AvgIpc) is 3.35. The molecule has 7 heteroatoms. The number of aromatic nitrogens is 3. The van der Waals surface area contributed by atoms with Crippen LogP contribution in [0.3, 0.4) is 0 Å². The molecule has 3 aromatic rings. The Labute approximate surface area is 180 Å². The highest BCUT2D eigenvalue weighted by atomic mass is 32.2. The minimum atomic E-state index is 0.0242. The quantitative estimate of drug-likeness (QED) is 0.462. The standard InChI is InChI=1S/C22H28N4OS2/c1-4-12-26-21(18-13-19(16(2)3)28-14-18)24-25-22(26)29-15-20(27)23-11-10-17-8-6-5-7-9-17/h5-9,13-14,16H,4,10-12,15H2,1-3H3,(H,23,27). The van der Waals surface area contributed by atoms with E-state index < -0.39 is 0 Å².